The maximum Gasteiger partial charge on any atom is 0.0858 e. The van der Waals surface area contributed by atoms with Gasteiger partial charge in [0.1, 0.15) is 0 Å². The Bertz CT molecular complexity index is 896. The third-order valence-corrected chi connectivity index (χ3v) is 5.21. The standard InChI is InChI=1S/C19H22ClN5/c1-14-12-15(6-7-21-14)25-10-8-24(9-11-25)13-17-19-16(20)4-3-5-18(19)23(2)22-17/h3-7,12H,8-11,13H2,1-2H3. The molecule has 2 aromatic heterocycles. The molecule has 0 radical (unpaired) electrons. The van der Waals surface area contributed by atoms with Crippen molar-refractivity contribution in [3.8, 4) is 0 Å². The molecular formula is C19H22ClN5. The predicted molar refractivity (Wildman–Crippen MR) is 102 cm³/mol. The summed E-state index contributed by atoms with van der Waals surface area (Å²) in [5, 5.41) is 6.57. The van der Waals surface area contributed by atoms with Crippen LogP contribution in [0.3, 0.4) is 0 Å². The molecular weight excluding hydrogens is 334 g/mol. The molecule has 0 atom stereocenters. The lowest BCUT2D eigenvalue weighted by molar-refractivity contribution is 0.247. The average molecular weight is 356 g/mol. The number of benzene rings is 1. The van der Waals surface area contributed by atoms with Gasteiger partial charge >= 0.3 is 0 Å². The quantitative estimate of drug-likeness (QED) is 0.722. The van der Waals surface area contributed by atoms with Crippen LogP contribution >= 0.6 is 11.6 Å². The highest BCUT2D eigenvalue weighted by Crippen LogP contribution is 2.27. The first-order chi connectivity index (χ1) is 12.1. The van der Waals surface area contributed by atoms with Crippen molar-refractivity contribution in [2.24, 2.45) is 7.05 Å². The van der Waals surface area contributed by atoms with Crippen LogP contribution in [0.4, 0.5) is 5.69 Å². The summed E-state index contributed by atoms with van der Waals surface area (Å²) in [7, 11) is 1.98. The molecule has 1 saturated heterocycles. The van der Waals surface area contributed by atoms with E-state index in [4.69, 9.17) is 16.7 Å². The van der Waals surface area contributed by atoms with E-state index in [1.807, 2.05) is 37.0 Å². The minimum Gasteiger partial charge on any atom is -0.369 e. The van der Waals surface area contributed by atoms with Gasteiger partial charge in [-0.05, 0) is 31.2 Å². The summed E-state index contributed by atoms with van der Waals surface area (Å²) in [6.45, 7) is 6.94. The Morgan fingerprint density at radius 1 is 1.12 bits per heavy atom. The van der Waals surface area contributed by atoms with Crippen molar-refractivity contribution in [1.82, 2.24) is 19.7 Å². The van der Waals surface area contributed by atoms with Gasteiger partial charge in [-0.1, -0.05) is 17.7 Å². The molecule has 0 unspecified atom stereocenters. The number of anilines is 1. The summed E-state index contributed by atoms with van der Waals surface area (Å²) in [5.74, 6) is 0. The number of hydrogen-bond acceptors (Lipinski definition) is 4. The van der Waals surface area contributed by atoms with Gasteiger partial charge in [0, 0.05) is 62.7 Å². The van der Waals surface area contributed by atoms with Gasteiger partial charge in [-0.25, -0.2) is 0 Å². The SMILES string of the molecule is Cc1cc(N2CCN(Cc3nn(C)c4cccc(Cl)c34)CC2)ccn1. The number of fused-ring (bicyclic) bond motifs is 1. The van der Waals surface area contributed by atoms with Crippen LogP contribution in [0.1, 0.15) is 11.4 Å². The van der Waals surface area contributed by atoms with E-state index >= 15 is 0 Å². The second-order valence-electron chi connectivity index (χ2n) is 6.62. The molecule has 1 aliphatic rings. The predicted octanol–water partition coefficient (Wildman–Crippen LogP) is 3.25. The second-order valence-corrected chi connectivity index (χ2v) is 7.03. The number of halogens is 1. The molecule has 3 aromatic rings. The van der Waals surface area contributed by atoms with Crippen molar-refractivity contribution in [3.05, 3.63) is 52.9 Å². The fourth-order valence-electron chi connectivity index (χ4n) is 3.57. The van der Waals surface area contributed by atoms with Crippen LogP contribution in [0.15, 0.2) is 36.5 Å². The van der Waals surface area contributed by atoms with Gasteiger partial charge in [-0.3, -0.25) is 14.6 Å². The van der Waals surface area contributed by atoms with Crippen LogP contribution in [0.5, 0.6) is 0 Å². The number of aryl methyl sites for hydroxylation is 2. The molecule has 0 aliphatic carbocycles. The highest BCUT2D eigenvalue weighted by atomic mass is 35.5. The molecule has 0 N–H and O–H groups in total. The maximum absolute atomic E-state index is 6.43. The zero-order valence-corrected chi connectivity index (χ0v) is 15.4. The molecule has 3 heterocycles. The Hall–Kier alpha value is -2.11. The first kappa shape index (κ1) is 16.4. The Labute approximate surface area is 152 Å². The number of hydrogen-bond donors (Lipinski definition) is 0. The first-order valence-corrected chi connectivity index (χ1v) is 8.99. The molecule has 1 aliphatic heterocycles. The number of aromatic nitrogens is 3. The minimum atomic E-state index is 0.784. The molecule has 0 amide bonds. The summed E-state index contributed by atoms with van der Waals surface area (Å²) in [6.07, 6.45) is 1.89. The van der Waals surface area contributed by atoms with Gasteiger partial charge in [0.2, 0.25) is 0 Å². The normalized spacial score (nSPS) is 15.9. The van der Waals surface area contributed by atoms with Gasteiger partial charge in [-0.15, -0.1) is 0 Å². The molecule has 6 heteroatoms. The van der Waals surface area contributed by atoms with Gasteiger partial charge < -0.3 is 4.90 Å². The number of nitrogens with zero attached hydrogens (tertiary/aromatic N) is 5. The summed E-state index contributed by atoms with van der Waals surface area (Å²) in [6, 6.07) is 10.2. The lowest BCUT2D eigenvalue weighted by Gasteiger charge is -2.35. The fourth-order valence-corrected chi connectivity index (χ4v) is 3.85. The van der Waals surface area contributed by atoms with Crippen molar-refractivity contribution in [1.29, 1.82) is 0 Å². The monoisotopic (exact) mass is 355 g/mol. The van der Waals surface area contributed by atoms with E-state index in [0.29, 0.717) is 0 Å². The summed E-state index contributed by atoms with van der Waals surface area (Å²) in [4.78, 5) is 9.16. The van der Waals surface area contributed by atoms with Gasteiger partial charge in [-0.2, -0.15) is 5.10 Å². The van der Waals surface area contributed by atoms with Gasteiger partial charge in [0.15, 0.2) is 0 Å². The van der Waals surface area contributed by atoms with Crippen LogP contribution in [0, 0.1) is 6.92 Å². The minimum absolute atomic E-state index is 0.784. The number of pyridine rings is 1. The highest BCUT2D eigenvalue weighted by Gasteiger charge is 2.20. The van der Waals surface area contributed by atoms with Crippen molar-refractivity contribution >= 4 is 28.2 Å². The van der Waals surface area contributed by atoms with Crippen LogP contribution in [-0.4, -0.2) is 45.8 Å². The van der Waals surface area contributed by atoms with Crippen LogP contribution < -0.4 is 4.90 Å². The van der Waals surface area contributed by atoms with Crippen molar-refractivity contribution in [2.45, 2.75) is 13.5 Å². The zero-order chi connectivity index (χ0) is 17.4. The van der Waals surface area contributed by atoms with Crippen LogP contribution in [0.2, 0.25) is 5.02 Å². The number of piperazine rings is 1. The molecule has 25 heavy (non-hydrogen) atoms. The van der Waals surface area contributed by atoms with E-state index in [2.05, 4.69) is 33.0 Å². The zero-order valence-electron chi connectivity index (χ0n) is 14.6. The van der Waals surface area contributed by atoms with Gasteiger partial charge in [0.25, 0.3) is 0 Å². The lowest BCUT2D eigenvalue weighted by Crippen LogP contribution is -2.46. The smallest absolute Gasteiger partial charge is 0.0858 e. The van der Waals surface area contributed by atoms with Crippen molar-refractivity contribution in [3.63, 3.8) is 0 Å². The van der Waals surface area contributed by atoms with E-state index < -0.39 is 0 Å². The van der Waals surface area contributed by atoms with E-state index in [-0.39, 0.29) is 0 Å². The molecule has 0 spiro atoms. The van der Waals surface area contributed by atoms with E-state index in [1.165, 1.54) is 5.69 Å². The Balaban J connectivity index is 1.47. The molecule has 0 saturated carbocycles. The summed E-state index contributed by atoms with van der Waals surface area (Å²) >= 11 is 6.43. The van der Waals surface area contributed by atoms with Gasteiger partial charge in [0.05, 0.1) is 16.2 Å². The third kappa shape index (κ3) is 3.22. The average Bonchev–Trinajstić information content (AvgIpc) is 2.93. The molecule has 130 valence electrons. The molecule has 4 rings (SSSR count). The van der Waals surface area contributed by atoms with E-state index in [0.717, 1.165) is 60.0 Å². The second kappa shape index (κ2) is 6.65. The van der Waals surface area contributed by atoms with E-state index in [9.17, 15) is 0 Å². The fraction of sp³-hybridized carbons (Fsp3) is 0.368. The Kier molecular flexibility index (Phi) is 4.36. The van der Waals surface area contributed by atoms with Crippen LogP contribution in [0.25, 0.3) is 10.9 Å². The van der Waals surface area contributed by atoms with Crippen LogP contribution in [-0.2, 0) is 13.6 Å². The van der Waals surface area contributed by atoms with E-state index in [1.54, 1.807) is 0 Å². The molecule has 0 bridgehead atoms. The van der Waals surface area contributed by atoms with Crippen molar-refractivity contribution < 1.29 is 0 Å². The first-order valence-electron chi connectivity index (χ1n) is 8.62. The summed E-state index contributed by atoms with van der Waals surface area (Å²) in [5.41, 5.74) is 4.48. The highest BCUT2D eigenvalue weighted by molar-refractivity contribution is 6.35. The Morgan fingerprint density at radius 2 is 1.92 bits per heavy atom. The molecule has 1 aromatic carbocycles. The maximum atomic E-state index is 6.43. The lowest BCUT2D eigenvalue weighted by atomic mass is 10.2. The van der Waals surface area contributed by atoms with Crippen molar-refractivity contribution in [2.75, 3.05) is 31.1 Å². The topological polar surface area (TPSA) is 37.2 Å². The largest absolute Gasteiger partial charge is 0.369 e. The summed E-state index contributed by atoms with van der Waals surface area (Å²) < 4.78 is 1.92. The Morgan fingerprint density at radius 3 is 2.68 bits per heavy atom. The molecule has 1 fully saturated rings. The third-order valence-electron chi connectivity index (χ3n) is 4.89. The number of rotatable bonds is 3. The molecule has 5 nitrogen and oxygen atoms in total.